The second-order valence-corrected chi connectivity index (χ2v) is 7.83. The first-order valence-electron chi connectivity index (χ1n) is 8.60. The molecule has 0 amide bonds. The van der Waals surface area contributed by atoms with Crippen LogP contribution in [0, 0.1) is 5.82 Å². The minimum absolute atomic E-state index is 0.368. The molecule has 1 saturated heterocycles. The van der Waals surface area contributed by atoms with Crippen molar-refractivity contribution in [1.29, 1.82) is 0 Å². The fourth-order valence-electron chi connectivity index (χ4n) is 3.29. The normalized spacial score (nSPS) is 18.8. The van der Waals surface area contributed by atoms with Crippen molar-refractivity contribution in [2.45, 2.75) is 38.9 Å². The topological polar surface area (TPSA) is 54.1 Å². The van der Waals surface area contributed by atoms with Gasteiger partial charge in [-0.05, 0) is 33.8 Å². The Morgan fingerprint density at radius 3 is 2.31 bits per heavy atom. The lowest BCUT2D eigenvalue weighted by Crippen LogP contribution is -2.41. The summed E-state index contributed by atoms with van der Waals surface area (Å²) < 4.78 is 31.0. The molecule has 3 heterocycles. The van der Waals surface area contributed by atoms with Crippen LogP contribution in [-0.4, -0.2) is 37.9 Å². The second-order valence-electron chi connectivity index (χ2n) is 7.83. The fraction of sp³-hybridized carbons (Fsp3) is 0.444. The Kier molecular flexibility index (Phi) is 3.58. The highest BCUT2D eigenvalue weighted by atomic mass is 19.1. The first-order chi connectivity index (χ1) is 12.1. The van der Waals surface area contributed by atoms with E-state index in [0.29, 0.717) is 22.1 Å². The standard InChI is InChI=1S/C18H22BFN4O2/c1-17(2)18(3,4)26-19(25-17)12-7-8-13-14(15(12)20)16(24(6)22-13)11-9-21-23(5)10-11/h7-10H,1-6H3. The zero-order valence-electron chi connectivity index (χ0n) is 15.9. The third-order valence-electron chi connectivity index (χ3n) is 5.45. The Morgan fingerprint density at radius 1 is 1.08 bits per heavy atom. The molecule has 8 heteroatoms. The number of hydrogen-bond donors (Lipinski definition) is 0. The lowest BCUT2D eigenvalue weighted by molar-refractivity contribution is 0.00578. The maximum Gasteiger partial charge on any atom is 0.497 e. The van der Waals surface area contributed by atoms with Crippen LogP contribution in [0.25, 0.3) is 22.2 Å². The van der Waals surface area contributed by atoms with E-state index in [1.165, 1.54) is 0 Å². The van der Waals surface area contributed by atoms with Crippen molar-refractivity contribution in [3.63, 3.8) is 0 Å². The number of hydrogen-bond acceptors (Lipinski definition) is 4. The molecule has 0 aliphatic carbocycles. The van der Waals surface area contributed by atoms with Gasteiger partial charge in [-0.2, -0.15) is 10.2 Å². The first-order valence-corrected chi connectivity index (χ1v) is 8.60. The number of halogens is 1. The average molecular weight is 356 g/mol. The van der Waals surface area contributed by atoms with Crippen molar-refractivity contribution in [3.8, 4) is 11.3 Å². The van der Waals surface area contributed by atoms with Crippen LogP contribution in [0.15, 0.2) is 24.5 Å². The zero-order chi connectivity index (χ0) is 18.9. The van der Waals surface area contributed by atoms with Gasteiger partial charge in [0.25, 0.3) is 0 Å². The molecule has 1 aliphatic heterocycles. The van der Waals surface area contributed by atoms with E-state index < -0.39 is 18.3 Å². The van der Waals surface area contributed by atoms with Crippen LogP contribution >= 0.6 is 0 Å². The van der Waals surface area contributed by atoms with Crippen LogP contribution < -0.4 is 5.46 Å². The Morgan fingerprint density at radius 2 is 1.73 bits per heavy atom. The lowest BCUT2D eigenvalue weighted by atomic mass is 9.78. The monoisotopic (exact) mass is 356 g/mol. The number of rotatable bonds is 2. The van der Waals surface area contributed by atoms with Crippen LogP contribution in [0.5, 0.6) is 0 Å². The molecule has 3 aromatic rings. The molecule has 0 radical (unpaired) electrons. The molecule has 4 rings (SSSR count). The van der Waals surface area contributed by atoms with Crippen LogP contribution in [0.1, 0.15) is 27.7 Å². The number of aryl methyl sites for hydroxylation is 2. The number of nitrogens with zero attached hydrogens (tertiary/aromatic N) is 4. The molecule has 0 unspecified atom stereocenters. The van der Waals surface area contributed by atoms with Crippen molar-refractivity contribution in [2.75, 3.05) is 0 Å². The number of fused-ring (bicyclic) bond motifs is 1. The zero-order valence-corrected chi connectivity index (χ0v) is 15.9. The fourth-order valence-corrected chi connectivity index (χ4v) is 3.29. The summed E-state index contributed by atoms with van der Waals surface area (Å²) in [6, 6.07) is 3.50. The summed E-state index contributed by atoms with van der Waals surface area (Å²) in [6.45, 7) is 7.81. The van der Waals surface area contributed by atoms with Gasteiger partial charge in [-0.25, -0.2) is 4.39 Å². The van der Waals surface area contributed by atoms with E-state index in [0.717, 1.165) is 5.56 Å². The van der Waals surface area contributed by atoms with Crippen LogP contribution in [0.2, 0.25) is 0 Å². The third-order valence-corrected chi connectivity index (χ3v) is 5.45. The first kappa shape index (κ1) is 17.2. The third kappa shape index (κ3) is 2.40. The van der Waals surface area contributed by atoms with E-state index in [1.54, 1.807) is 34.7 Å². The lowest BCUT2D eigenvalue weighted by Gasteiger charge is -2.32. The van der Waals surface area contributed by atoms with E-state index in [4.69, 9.17) is 9.31 Å². The molecule has 0 atom stereocenters. The number of benzene rings is 1. The summed E-state index contributed by atoms with van der Waals surface area (Å²) in [5.74, 6) is -0.368. The van der Waals surface area contributed by atoms with Crippen molar-refractivity contribution in [1.82, 2.24) is 19.6 Å². The Hall–Kier alpha value is -2.19. The van der Waals surface area contributed by atoms with Crippen LogP contribution in [-0.2, 0) is 23.4 Å². The van der Waals surface area contributed by atoms with Gasteiger partial charge in [0, 0.05) is 31.3 Å². The van der Waals surface area contributed by atoms with Gasteiger partial charge in [0.2, 0.25) is 0 Å². The quantitative estimate of drug-likeness (QED) is 0.662. The van der Waals surface area contributed by atoms with Gasteiger partial charge in [0.05, 0.1) is 34.0 Å². The van der Waals surface area contributed by atoms with Crippen LogP contribution in [0.4, 0.5) is 4.39 Å². The maximum atomic E-state index is 15.6. The van der Waals surface area contributed by atoms with E-state index in [-0.39, 0.29) is 5.82 Å². The van der Waals surface area contributed by atoms with Gasteiger partial charge < -0.3 is 9.31 Å². The molecule has 2 aromatic heterocycles. The van der Waals surface area contributed by atoms with Crippen LogP contribution in [0.3, 0.4) is 0 Å². The van der Waals surface area contributed by atoms with Crippen molar-refractivity contribution in [3.05, 3.63) is 30.3 Å². The minimum Gasteiger partial charge on any atom is -0.399 e. The van der Waals surface area contributed by atoms with E-state index in [9.17, 15) is 0 Å². The van der Waals surface area contributed by atoms with Gasteiger partial charge >= 0.3 is 7.12 Å². The molecule has 0 N–H and O–H groups in total. The molecule has 1 fully saturated rings. The van der Waals surface area contributed by atoms with Gasteiger partial charge in [0.15, 0.2) is 0 Å². The second kappa shape index (κ2) is 5.41. The van der Waals surface area contributed by atoms with Gasteiger partial charge in [0.1, 0.15) is 5.82 Å². The van der Waals surface area contributed by atoms with Crippen molar-refractivity contribution < 1.29 is 13.7 Å². The molecule has 0 saturated carbocycles. The Labute approximate surface area is 152 Å². The summed E-state index contributed by atoms with van der Waals surface area (Å²) in [6.07, 6.45) is 3.55. The molecule has 0 bridgehead atoms. The smallest absolute Gasteiger partial charge is 0.399 e. The summed E-state index contributed by atoms with van der Waals surface area (Å²) in [5, 5.41) is 9.09. The van der Waals surface area contributed by atoms with E-state index >= 15 is 4.39 Å². The van der Waals surface area contributed by atoms with Crippen molar-refractivity contribution in [2.24, 2.45) is 14.1 Å². The average Bonchev–Trinajstić information content (AvgIpc) is 3.14. The van der Waals surface area contributed by atoms with Gasteiger partial charge in [-0.15, -0.1) is 0 Å². The summed E-state index contributed by atoms with van der Waals surface area (Å²) >= 11 is 0. The molecular weight excluding hydrogens is 334 g/mol. The summed E-state index contributed by atoms with van der Waals surface area (Å²) in [5.41, 5.74) is 1.41. The predicted octanol–water partition coefficient (Wildman–Crippen LogP) is 2.41. The SMILES string of the molecule is Cn1cc(-c2c3c(F)c(B4OC(C)(C)C(C)(C)O4)ccc3nn2C)cn1. The molecule has 1 aromatic carbocycles. The van der Waals surface area contributed by atoms with E-state index in [1.807, 2.05) is 40.9 Å². The molecule has 6 nitrogen and oxygen atoms in total. The van der Waals surface area contributed by atoms with Crippen molar-refractivity contribution >= 4 is 23.5 Å². The van der Waals surface area contributed by atoms with Gasteiger partial charge in [-0.1, -0.05) is 6.07 Å². The minimum atomic E-state index is -0.758. The Bertz CT molecular complexity index is 992. The molecule has 26 heavy (non-hydrogen) atoms. The molecule has 0 spiro atoms. The largest absolute Gasteiger partial charge is 0.497 e. The summed E-state index contributed by atoms with van der Waals surface area (Å²) in [4.78, 5) is 0. The molecular formula is C18H22BFN4O2. The summed E-state index contributed by atoms with van der Waals surface area (Å²) in [7, 11) is 2.87. The molecule has 1 aliphatic rings. The number of aromatic nitrogens is 4. The van der Waals surface area contributed by atoms with E-state index in [2.05, 4.69) is 10.2 Å². The predicted molar refractivity (Wildman–Crippen MR) is 98.6 cm³/mol. The highest BCUT2D eigenvalue weighted by Crippen LogP contribution is 2.37. The highest BCUT2D eigenvalue weighted by molar-refractivity contribution is 6.62. The maximum absolute atomic E-state index is 15.6. The Balaban J connectivity index is 1.88. The highest BCUT2D eigenvalue weighted by Gasteiger charge is 2.52. The van der Waals surface area contributed by atoms with Gasteiger partial charge in [-0.3, -0.25) is 9.36 Å². The molecule has 136 valence electrons.